The van der Waals surface area contributed by atoms with Gasteiger partial charge in [0.1, 0.15) is 0 Å². The summed E-state index contributed by atoms with van der Waals surface area (Å²) in [5.74, 6) is 2.19. The second kappa shape index (κ2) is 6.86. The average Bonchev–Trinajstić information content (AvgIpc) is 2.71. The zero-order valence-corrected chi connectivity index (χ0v) is 10.2. The van der Waals surface area contributed by atoms with Crippen molar-refractivity contribution in [3.05, 3.63) is 0 Å². The minimum Gasteiger partial charge on any atom is -0.356 e. The molecule has 0 bridgehead atoms. The molecule has 88 valence electrons. The SMILES string of the molecule is CC(C)C1CCCCC1.O=C1CCCN1. The molecule has 2 fully saturated rings. The van der Waals surface area contributed by atoms with E-state index in [2.05, 4.69) is 19.2 Å². The summed E-state index contributed by atoms with van der Waals surface area (Å²) in [4.78, 5) is 10.1. The quantitative estimate of drug-likeness (QED) is 0.709. The van der Waals surface area contributed by atoms with Gasteiger partial charge in [-0.05, 0) is 18.3 Å². The van der Waals surface area contributed by atoms with Gasteiger partial charge in [-0.25, -0.2) is 0 Å². The third-order valence-corrected chi connectivity index (χ3v) is 3.50. The predicted molar refractivity (Wildman–Crippen MR) is 63.7 cm³/mol. The summed E-state index contributed by atoms with van der Waals surface area (Å²) >= 11 is 0. The van der Waals surface area contributed by atoms with E-state index in [0.29, 0.717) is 0 Å². The molecular formula is C13H25NO. The normalized spacial score (nSPS) is 22.2. The molecule has 2 aliphatic rings. The summed E-state index contributed by atoms with van der Waals surface area (Å²) in [5, 5.41) is 2.68. The van der Waals surface area contributed by atoms with Gasteiger partial charge in [0.2, 0.25) is 5.91 Å². The van der Waals surface area contributed by atoms with Crippen LogP contribution in [0.3, 0.4) is 0 Å². The highest BCUT2D eigenvalue weighted by atomic mass is 16.1. The molecule has 1 amide bonds. The van der Waals surface area contributed by atoms with Crippen molar-refractivity contribution in [2.24, 2.45) is 11.8 Å². The second-order valence-corrected chi connectivity index (χ2v) is 5.10. The zero-order chi connectivity index (χ0) is 11.1. The van der Waals surface area contributed by atoms with Crippen LogP contribution in [-0.2, 0) is 4.79 Å². The van der Waals surface area contributed by atoms with E-state index in [-0.39, 0.29) is 5.91 Å². The molecule has 2 heteroatoms. The van der Waals surface area contributed by atoms with Crippen LogP contribution in [0.25, 0.3) is 0 Å². The molecule has 0 aromatic rings. The Labute approximate surface area is 93.8 Å². The molecule has 2 nitrogen and oxygen atoms in total. The van der Waals surface area contributed by atoms with Gasteiger partial charge in [-0.3, -0.25) is 4.79 Å². The first-order valence-corrected chi connectivity index (χ1v) is 6.47. The van der Waals surface area contributed by atoms with Crippen molar-refractivity contribution in [2.75, 3.05) is 6.54 Å². The highest BCUT2D eigenvalue weighted by molar-refractivity contribution is 5.77. The van der Waals surface area contributed by atoms with E-state index in [1.54, 1.807) is 0 Å². The first-order chi connectivity index (χ1) is 7.20. The van der Waals surface area contributed by atoms with Crippen LogP contribution in [0, 0.1) is 11.8 Å². The highest BCUT2D eigenvalue weighted by Crippen LogP contribution is 2.29. The Balaban J connectivity index is 0.000000162. The maximum atomic E-state index is 10.1. The smallest absolute Gasteiger partial charge is 0.220 e. The Morgan fingerprint density at radius 3 is 2.07 bits per heavy atom. The molecule has 2 rings (SSSR count). The van der Waals surface area contributed by atoms with Gasteiger partial charge in [0.15, 0.2) is 0 Å². The molecule has 1 N–H and O–H groups in total. The number of amides is 1. The Hall–Kier alpha value is -0.530. The third-order valence-electron chi connectivity index (χ3n) is 3.50. The number of carbonyl (C=O) groups is 1. The molecule has 15 heavy (non-hydrogen) atoms. The Morgan fingerprint density at radius 1 is 1.13 bits per heavy atom. The lowest BCUT2D eigenvalue weighted by Crippen LogP contribution is -2.12. The van der Waals surface area contributed by atoms with Gasteiger partial charge in [-0.1, -0.05) is 46.0 Å². The molecule has 1 saturated heterocycles. The number of carbonyl (C=O) groups excluding carboxylic acids is 1. The number of hydrogen-bond acceptors (Lipinski definition) is 1. The molecule has 0 radical (unpaired) electrons. The fourth-order valence-electron chi connectivity index (χ4n) is 2.37. The van der Waals surface area contributed by atoms with Crippen LogP contribution in [0.5, 0.6) is 0 Å². The van der Waals surface area contributed by atoms with E-state index >= 15 is 0 Å². The van der Waals surface area contributed by atoms with Crippen molar-refractivity contribution in [1.82, 2.24) is 5.32 Å². The van der Waals surface area contributed by atoms with E-state index in [0.717, 1.165) is 31.2 Å². The monoisotopic (exact) mass is 211 g/mol. The molecule has 0 aromatic heterocycles. The summed E-state index contributed by atoms with van der Waals surface area (Å²) < 4.78 is 0. The summed E-state index contributed by atoms with van der Waals surface area (Å²) in [6, 6.07) is 0. The largest absolute Gasteiger partial charge is 0.356 e. The van der Waals surface area contributed by atoms with Crippen LogP contribution < -0.4 is 5.32 Å². The fourth-order valence-corrected chi connectivity index (χ4v) is 2.37. The second-order valence-electron chi connectivity index (χ2n) is 5.10. The van der Waals surface area contributed by atoms with Gasteiger partial charge in [-0.2, -0.15) is 0 Å². The standard InChI is InChI=1S/C9H18.C4H7NO/c1-8(2)9-6-4-3-5-7-9;6-4-2-1-3-5-4/h8-9H,3-7H2,1-2H3;1-3H2,(H,5,6). The number of rotatable bonds is 1. The minimum absolute atomic E-state index is 0.204. The Morgan fingerprint density at radius 2 is 1.80 bits per heavy atom. The molecule has 1 aliphatic carbocycles. The van der Waals surface area contributed by atoms with Crippen molar-refractivity contribution >= 4 is 5.91 Å². The molecule has 1 aliphatic heterocycles. The van der Waals surface area contributed by atoms with E-state index < -0.39 is 0 Å². The van der Waals surface area contributed by atoms with Crippen molar-refractivity contribution < 1.29 is 4.79 Å². The van der Waals surface area contributed by atoms with Crippen molar-refractivity contribution in [3.8, 4) is 0 Å². The lowest BCUT2D eigenvalue weighted by molar-refractivity contribution is -0.119. The van der Waals surface area contributed by atoms with Gasteiger partial charge in [-0.15, -0.1) is 0 Å². The molecule has 0 unspecified atom stereocenters. The predicted octanol–water partition coefficient (Wildman–Crippen LogP) is 3.12. The highest BCUT2D eigenvalue weighted by Gasteiger charge is 2.15. The molecule has 1 heterocycles. The van der Waals surface area contributed by atoms with Crippen molar-refractivity contribution in [3.63, 3.8) is 0 Å². The first-order valence-electron chi connectivity index (χ1n) is 6.47. The van der Waals surface area contributed by atoms with Gasteiger partial charge in [0.05, 0.1) is 0 Å². The molecule has 0 aromatic carbocycles. The number of hydrogen-bond donors (Lipinski definition) is 1. The Bertz CT molecular complexity index is 175. The maximum absolute atomic E-state index is 10.1. The van der Waals surface area contributed by atoms with Crippen LogP contribution in [0.2, 0.25) is 0 Å². The lowest BCUT2D eigenvalue weighted by Gasteiger charge is -2.24. The minimum atomic E-state index is 0.204. The first kappa shape index (κ1) is 12.5. The fraction of sp³-hybridized carbons (Fsp3) is 0.923. The van der Waals surface area contributed by atoms with Crippen LogP contribution in [0.4, 0.5) is 0 Å². The van der Waals surface area contributed by atoms with Crippen LogP contribution in [0.15, 0.2) is 0 Å². The lowest BCUT2D eigenvalue weighted by atomic mass is 9.82. The van der Waals surface area contributed by atoms with Gasteiger partial charge in [0, 0.05) is 13.0 Å². The van der Waals surface area contributed by atoms with Gasteiger partial charge >= 0.3 is 0 Å². The zero-order valence-electron chi connectivity index (χ0n) is 10.2. The molecule has 1 saturated carbocycles. The average molecular weight is 211 g/mol. The summed E-state index contributed by atoms with van der Waals surface area (Å²) in [6.07, 6.45) is 9.23. The molecule has 0 spiro atoms. The topological polar surface area (TPSA) is 29.1 Å². The van der Waals surface area contributed by atoms with Crippen LogP contribution in [0.1, 0.15) is 58.8 Å². The third kappa shape index (κ3) is 5.19. The summed E-state index contributed by atoms with van der Waals surface area (Å²) in [7, 11) is 0. The van der Waals surface area contributed by atoms with Gasteiger partial charge in [0.25, 0.3) is 0 Å². The summed E-state index contributed by atoms with van der Waals surface area (Å²) in [5.41, 5.74) is 0. The Kier molecular flexibility index (Phi) is 5.74. The maximum Gasteiger partial charge on any atom is 0.220 e. The van der Waals surface area contributed by atoms with Gasteiger partial charge < -0.3 is 5.32 Å². The van der Waals surface area contributed by atoms with E-state index in [4.69, 9.17) is 0 Å². The number of nitrogens with one attached hydrogen (secondary N) is 1. The summed E-state index contributed by atoms with van der Waals surface area (Å²) in [6.45, 7) is 5.60. The van der Waals surface area contributed by atoms with Crippen molar-refractivity contribution in [2.45, 2.75) is 58.8 Å². The van der Waals surface area contributed by atoms with Crippen LogP contribution >= 0.6 is 0 Å². The van der Waals surface area contributed by atoms with Crippen molar-refractivity contribution in [1.29, 1.82) is 0 Å². The molecular weight excluding hydrogens is 186 g/mol. The van der Waals surface area contributed by atoms with E-state index in [9.17, 15) is 4.79 Å². The van der Waals surface area contributed by atoms with E-state index in [1.165, 1.54) is 32.1 Å². The van der Waals surface area contributed by atoms with Crippen LogP contribution in [-0.4, -0.2) is 12.5 Å². The van der Waals surface area contributed by atoms with E-state index in [1.807, 2.05) is 0 Å². The molecule has 0 atom stereocenters.